The summed E-state index contributed by atoms with van der Waals surface area (Å²) in [5.74, 6) is -1.34. The van der Waals surface area contributed by atoms with E-state index in [1.165, 1.54) is 5.56 Å². The number of aliphatic carboxylic acids is 1. The highest BCUT2D eigenvalue weighted by molar-refractivity contribution is 5.92. The molecule has 0 fully saturated rings. The van der Waals surface area contributed by atoms with E-state index in [-0.39, 0.29) is 18.2 Å². The molecule has 188 valence electrons. The lowest BCUT2D eigenvalue weighted by molar-refractivity contribution is -0.137. The summed E-state index contributed by atoms with van der Waals surface area (Å²) in [6.07, 6.45) is 2.31. The minimum Gasteiger partial charge on any atom is -0.481 e. The number of anilines is 2. The predicted molar refractivity (Wildman–Crippen MR) is 141 cm³/mol. The fraction of sp³-hybridized carbons (Fsp3) is 0.321. The van der Waals surface area contributed by atoms with Crippen molar-refractivity contribution in [3.8, 4) is 0 Å². The number of hydrogen-bond acceptors (Lipinski definition) is 6. The zero-order valence-corrected chi connectivity index (χ0v) is 21.0. The van der Waals surface area contributed by atoms with Crippen molar-refractivity contribution in [1.29, 1.82) is 0 Å². The van der Waals surface area contributed by atoms with E-state index >= 15 is 0 Å². The SMILES string of the molecule is CCN(NC)c1ccc(C(CC(=O)O)c2ccc3c(c2)CN(C(=O)c2ccccn2)CC3)c(C)c1N. The van der Waals surface area contributed by atoms with E-state index in [4.69, 9.17) is 5.73 Å². The van der Waals surface area contributed by atoms with Crippen LogP contribution in [0.4, 0.5) is 11.4 Å². The Bertz CT molecular complexity index is 1260. The minimum atomic E-state index is -0.878. The van der Waals surface area contributed by atoms with Gasteiger partial charge in [-0.1, -0.05) is 30.3 Å². The van der Waals surface area contributed by atoms with E-state index in [0.717, 1.165) is 40.9 Å². The van der Waals surface area contributed by atoms with Gasteiger partial charge in [0.2, 0.25) is 0 Å². The second-order valence-corrected chi connectivity index (χ2v) is 9.05. The van der Waals surface area contributed by atoms with E-state index in [1.807, 2.05) is 50.2 Å². The maximum Gasteiger partial charge on any atom is 0.304 e. The molecule has 2 heterocycles. The van der Waals surface area contributed by atoms with Gasteiger partial charge in [0.1, 0.15) is 5.69 Å². The predicted octanol–water partition coefficient (Wildman–Crippen LogP) is 3.74. The van der Waals surface area contributed by atoms with Gasteiger partial charge in [0.15, 0.2) is 0 Å². The van der Waals surface area contributed by atoms with Gasteiger partial charge in [-0.05, 0) is 66.3 Å². The van der Waals surface area contributed by atoms with Crippen molar-refractivity contribution in [2.45, 2.75) is 39.2 Å². The number of nitrogens with one attached hydrogen (secondary N) is 1. The molecule has 0 saturated carbocycles. The lowest BCUT2D eigenvalue weighted by Crippen LogP contribution is -2.36. The quantitative estimate of drug-likeness (QED) is 0.328. The van der Waals surface area contributed by atoms with E-state index < -0.39 is 5.97 Å². The van der Waals surface area contributed by atoms with Gasteiger partial charge >= 0.3 is 5.97 Å². The largest absolute Gasteiger partial charge is 0.481 e. The first-order valence-electron chi connectivity index (χ1n) is 12.2. The molecule has 0 aliphatic carbocycles. The van der Waals surface area contributed by atoms with Gasteiger partial charge < -0.3 is 20.7 Å². The molecule has 2 aromatic carbocycles. The smallest absolute Gasteiger partial charge is 0.304 e. The summed E-state index contributed by atoms with van der Waals surface area (Å²) in [5, 5.41) is 11.7. The molecule has 1 aliphatic heterocycles. The van der Waals surface area contributed by atoms with Crippen LogP contribution in [-0.2, 0) is 17.8 Å². The molecule has 1 unspecified atom stereocenters. The summed E-state index contributed by atoms with van der Waals surface area (Å²) in [6, 6.07) is 15.4. The number of nitrogens with zero attached hydrogens (tertiary/aromatic N) is 3. The van der Waals surface area contributed by atoms with Gasteiger partial charge in [0.25, 0.3) is 5.91 Å². The molecule has 1 aliphatic rings. The zero-order valence-electron chi connectivity index (χ0n) is 21.0. The molecule has 1 atom stereocenters. The van der Waals surface area contributed by atoms with Crippen molar-refractivity contribution in [2.75, 3.05) is 30.9 Å². The second kappa shape index (κ2) is 10.8. The molecular weight excluding hydrogens is 454 g/mol. The fourth-order valence-electron chi connectivity index (χ4n) is 4.99. The summed E-state index contributed by atoms with van der Waals surface area (Å²) in [7, 11) is 1.84. The van der Waals surface area contributed by atoms with Crippen molar-refractivity contribution in [3.63, 3.8) is 0 Å². The average Bonchev–Trinajstić information content (AvgIpc) is 2.90. The Balaban J connectivity index is 1.68. The van der Waals surface area contributed by atoms with Gasteiger partial charge in [-0.15, -0.1) is 0 Å². The van der Waals surface area contributed by atoms with Crippen LogP contribution in [0, 0.1) is 6.92 Å². The molecule has 0 spiro atoms. The molecule has 0 bridgehead atoms. The molecule has 0 radical (unpaired) electrons. The Hall–Kier alpha value is -3.91. The number of carbonyl (C=O) groups excluding carboxylic acids is 1. The van der Waals surface area contributed by atoms with Gasteiger partial charge in [-0.25, -0.2) is 5.43 Å². The van der Waals surface area contributed by atoms with Crippen LogP contribution in [0.5, 0.6) is 0 Å². The number of carboxylic acid groups (broad SMARTS) is 1. The number of carbonyl (C=O) groups is 2. The summed E-state index contributed by atoms with van der Waals surface area (Å²) in [5.41, 5.74) is 16.5. The first-order valence-corrected chi connectivity index (χ1v) is 12.2. The van der Waals surface area contributed by atoms with Crippen molar-refractivity contribution >= 4 is 23.3 Å². The molecule has 36 heavy (non-hydrogen) atoms. The highest BCUT2D eigenvalue weighted by atomic mass is 16.4. The molecule has 8 nitrogen and oxygen atoms in total. The van der Waals surface area contributed by atoms with Crippen molar-refractivity contribution < 1.29 is 14.7 Å². The molecule has 8 heteroatoms. The summed E-state index contributed by atoms with van der Waals surface area (Å²) >= 11 is 0. The molecule has 4 rings (SSSR count). The average molecular weight is 488 g/mol. The van der Waals surface area contributed by atoms with Crippen LogP contribution in [0.15, 0.2) is 54.7 Å². The number of amides is 1. The minimum absolute atomic E-state index is 0.0570. The first-order chi connectivity index (χ1) is 17.3. The van der Waals surface area contributed by atoms with Crippen LogP contribution >= 0.6 is 0 Å². The monoisotopic (exact) mass is 487 g/mol. The first kappa shape index (κ1) is 25.2. The second-order valence-electron chi connectivity index (χ2n) is 9.05. The van der Waals surface area contributed by atoms with Gasteiger partial charge in [0, 0.05) is 38.8 Å². The van der Waals surface area contributed by atoms with Crippen LogP contribution in [0.2, 0.25) is 0 Å². The Labute approximate surface area is 211 Å². The summed E-state index contributed by atoms with van der Waals surface area (Å²) in [4.78, 5) is 30.9. The number of aromatic nitrogens is 1. The Morgan fingerprint density at radius 3 is 2.67 bits per heavy atom. The number of rotatable bonds is 8. The fourth-order valence-corrected chi connectivity index (χ4v) is 4.99. The summed E-state index contributed by atoms with van der Waals surface area (Å²) < 4.78 is 0. The number of nitrogen functional groups attached to an aromatic ring is 1. The molecule has 1 aromatic heterocycles. The third kappa shape index (κ3) is 5.04. The number of nitrogens with two attached hydrogens (primary N) is 1. The number of hydrogen-bond donors (Lipinski definition) is 3. The lowest BCUT2D eigenvalue weighted by Gasteiger charge is -2.30. The number of pyridine rings is 1. The number of fused-ring (bicyclic) bond motifs is 1. The van der Waals surface area contributed by atoms with E-state index in [1.54, 1.807) is 23.2 Å². The zero-order chi connectivity index (χ0) is 25.8. The van der Waals surface area contributed by atoms with Gasteiger partial charge in [0.05, 0.1) is 17.8 Å². The van der Waals surface area contributed by atoms with E-state index in [0.29, 0.717) is 24.5 Å². The Kier molecular flexibility index (Phi) is 7.55. The standard InChI is InChI=1S/C28H33N5O3/c1-4-33(30-3)25-11-10-22(18(2)27(25)29)23(16-26(34)35)20-9-8-19-12-14-32(17-21(19)15-20)28(36)24-7-5-6-13-31-24/h5-11,13,15,23,30H,4,12,14,16-17,29H2,1-3H3,(H,34,35). The molecule has 1 amide bonds. The molecule has 3 aromatic rings. The van der Waals surface area contributed by atoms with Crippen molar-refractivity contribution in [2.24, 2.45) is 0 Å². The third-order valence-corrected chi connectivity index (χ3v) is 6.98. The van der Waals surface area contributed by atoms with Crippen LogP contribution in [0.3, 0.4) is 0 Å². The number of hydrazine groups is 1. The highest BCUT2D eigenvalue weighted by Crippen LogP contribution is 2.37. The number of benzene rings is 2. The van der Waals surface area contributed by atoms with Gasteiger partial charge in [-0.2, -0.15) is 0 Å². The molecular formula is C28H33N5O3. The summed E-state index contributed by atoms with van der Waals surface area (Å²) in [6.45, 7) is 5.79. The van der Waals surface area contributed by atoms with E-state index in [9.17, 15) is 14.7 Å². The number of carboxylic acids is 1. The van der Waals surface area contributed by atoms with Crippen LogP contribution in [-0.4, -0.2) is 47.0 Å². The van der Waals surface area contributed by atoms with Gasteiger partial charge in [-0.3, -0.25) is 14.6 Å². The van der Waals surface area contributed by atoms with Crippen LogP contribution in [0.25, 0.3) is 0 Å². The normalized spacial score (nSPS) is 13.7. The molecule has 0 saturated heterocycles. The van der Waals surface area contributed by atoms with Crippen LogP contribution < -0.4 is 16.2 Å². The maximum atomic E-state index is 13.0. The Morgan fingerprint density at radius 2 is 2.00 bits per heavy atom. The molecule has 4 N–H and O–H groups in total. The topological polar surface area (TPSA) is 112 Å². The van der Waals surface area contributed by atoms with Crippen molar-refractivity contribution in [3.05, 3.63) is 88.2 Å². The lowest BCUT2D eigenvalue weighted by atomic mass is 9.83. The highest BCUT2D eigenvalue weighted by Gasteiger charge is 2.26. The Morgan fingerprint density at radius 1 is 1.19 bits per heavy atom. The van der Waals surface area contributed by atoms with Crippen molar-refractivity contribution in [1.82, 2.24) is 15.3 Å². The third-order valence-electron chi connectivity index (χ3n) is 6.98. The maximum absolute atomic E-state index is 13.0. The van der Waals surface area contributed by atoms with E-state index in [2.05, 4.69) is 22.5 Å². The van der Waals surface area contributed by atoms with Crippen LogP contribution in [0.1, 0.15) is 57.6 Å².